The van der Waals surface area contributed by atoms with Crippen LogP contribution in [0.5, 0.6) is 11.5 Å². The summed E-state index contributed by atoms with van der Waals surface area (Å²) in [6, 6.07) is 14.8. The van der Waals surface area contributed by atoms with Crippen LogP contribution < -0.4 is 9.47 Å². The number of rotatable bonds is 7. The van der Waals surface area contributed by atoms with Crippen LogP contribution in [0.2, 0.25) is 0 Å². The monoisotopic (exact) mass is 310 g/mol. The number of benzene rings is 2. The van der Waals surface area contributed by atoms with Gasteiger partial charge in [0.25, 0.3) is 0 Å². The number of hydrogen-bond donors (Lipinski definition) is 1. The lowest BCUT2D eigenvalue weighted by Gasteiger charge is -2.12. The van der Waals surface area contributed by atoms with Gasteiger partial charge in [-0.3, -0.25) is 4.79 Å². The predicted molar refractivity (Wildman–Crippen MR) is 87.6 cm³/mol. The third-order valence-corrected chi connectivity index (χ3v) is 3.40. The Morgan fingerprint density at radius 1 is 1.22 bits per heavy atom. The molecule has 23 heavy (non-hydrogen) atoms. The number of carboxylic acids is 1. The first-order valence-corrected chi connectivity index (χ1v) is 7.16. The zero-order chi connectivity index (χ0) is 16.7. The first-order valence-electron chi connectivity index (χ1n) is 7.16. The van der Waals surface area contributed by atoms with Crippen molar-refractivity contribution in [1.82, 2.24) is 0 Å². The molecule has 4 heteroatoms. The Balaban J connectivity index is 2.04. The normalized spacial score (nSPS) is 11.3. The third kappa shape index (κ3) is 4.79. The van der Waals surface area contributed by atoms with E-state index in [1.54, 1.807) is 13.2 Å². The molecule has 2 aromatic carbocycles. The Morgan fingerprint density at radius 2 is 1.96 bits per heavy atom. The van der Waals surface area contributed by atoms with Gasteiger partial charge >= 0.3 is 5.97 Å². The lowest BCUT2D eigenvalue weighted by atomic mass is 9.96. The van der Waals surface area contributed by atoms with Gasteiger partial charge in [-0.1, -0.05) is 30.2 Å². The third-order valence-electron chi connectivity index (χ3n) is 3.40. The van der Waals surface area contributed by atoms with E-state index < -0.39 is 11.9 Å². The summed E-state index contributed by atoms with van der Waals surface area (Å²) in [6.07, 6.45) is 5.33. The highest BCUT2D eigenvalue weighted by Gasteiger charge is 2.13. The minimum absolute atomic E-state index is 0.0988. The van der Waals surface area contributed by atoms with Gasteiger partial charge in [0.05, 0.1) is 19.4 Å². The van der Waals surface area contributed by atoms with Crippen LogP contribution in [0.1, 0.15) is 23.5 Å². The SMILES string of the molecule is C#C[C@@H](CC(=O)O)c1cccc(OCc2ccc(OC)cc2)c1. The van der Waals surface area contributed by atoms with Crippen molar-refractivity contribution in [3.8, 4) is 23.8 Å². The molecule has 0 fully saturated rings. The second-order valence-corrected chi connectivity index (χ2v) is 5.03. The summed E-state index contributed by atoms with van der Waals surface area (Å²) in [7, 11) is 1.62. The maximum Gasteiger partial charge on any atom is 0.304 e. The second kappa shape index (κ2) is 7.90. The van der Waals surface area contributed by atoms with E-state index in [1.807, 2.05) is 42.5 Å². The van der Waals surface area contributed by atoms with Gasteiger partial charge in [-0.2, -0.15) is 0 Å². The van der Waals surface area contributed by atoms with E-state index in [4.69, 9.17) is 21.0 Å². The molecular formula is C19H18O4. The molecular weight excluding hydrogens is 292 g/mol. The number of hydrogen-bond acceptors (Lipinski definition) is 3. The van der Waals surface area contributed by atoms with Crippen LogP contribution in [-0.4, -0.2) is 18.2 Å². The highest BCUT2D eigenvalue weighted by molar-refractivity contribution is 5.69. The minimum atomic E-state index is -0.919. The molecule has 0 bridgehead atoms. The number of terminal acetylenes is 1. The molecule has 0 aliphatic carbocycles. The summed E-state index contributed by atoms with van der Waals surface area (Å²) in [5, 5.41) is 8.90. The van der Waals surface area contributed by atoms with Crippen LogP contribution in [0.15, 0.2) is 48.5 Å². The fourth-order valence-electron chi connectivity index (χ4n) is 2.16. The van der Waals surface area contributed by atoms with Crippen LogP contribution in [0.25, 0.3) is 0 Å². The average Bonchev–Trinajstić information content (AvgIpc) is 2.58. The topological polar surface area (TPSA) is 55.8 Å². The molecule has 4 nitrogen and oxygen atoms in total. The summed E-state index contributed by atoms with van der Waals surface area (Å²) in [5.74, 6) is 2.58. The molecule has 118 valence electrons. The second-order valence-electron chi connectivity index (χ2n) is 5.03. The van der Waals surface area contributed by atoms with Gasteiger partial charge < -0.3 is 14.6 Å². The maximum atomic E-state index is 10.9. The van der Waals surface area contributed by atoms with Gasteiger partial charge in [-0.05, 0) is 35.4 Å². The van der Waals surface area contributed by atoms with Crippen molar-refractivity contribution < 1.29 is 19.4 Å². The van der Waals surface area contributed by atoms with E-state index in [0.29, 0.717) is 12.4 Å². The Bertz CT molecular complexity index is 698. The van der Waals surface area contributed by atoms with Crippen molar-refractivity contribution >= 4 is 5.97 Å². The smallest absolute Gasteiger partial charge is 0.304 e. The first-order chi connectivity index (χ1) is 11.1. The zero-order valence-electron chi connectivity index (χ0n) is 12.9. The molecule has 0 aliphatic rings. The summed E-state index contributed by atoms with van der Waals surface area (Å²) in [6.45, 7) is 0.410. The van der Waals surface area contributed by atoms with Crippen molar-refractivity contribution in [3.05, 3.63) is 59.7 Å². The highest BCUT2D eigenvalue weighted by Crippen LogP contribution is 2.24. The standard InChI is InChI=1S/C19H18O4/c1-3-15(12-19(20)21)16-5-4-6-18(11-16)23-13-14-7-9-17(22-2)10-8-14/h1,4-11,15H,12-13H2,2H3,(H,20,21)/t15-/m0/s1. The first kappa shape index (κ1) is 16.4. The summed E-state index contributed by atoms with van der Waals surface area (Å²) < 4.78 is 10.9. The van der Waals surface area contributed by atoms with E-state index in [9.17, 15) is 4.79 Å². The van der Waals surface area contributed by atoms with Crippen molar-refractivity contribution in [2.24, 2.45) is 0 Å². The summed E-state index contributed by atoms with van der Waals surface area (Å²) in [5.41, 5.74) is 1.78. The zero-order valence-corrected chi connectivity index (χ0v) is 12.9. The molecule has 1 atom stereocenters. The van der Waals surface area contributed by atoms with E-state index in [-0.39, 0.29) is 6.42 Å². The fraction of sp³-hybridized carbons (Fsp3) is 0.211. The number of methoxy groups -OCH3 is 1. The Morgan fingerprint density at radius 3 is 2.57 bits per heavy atom. The van der Waals surface area contributed by atoms with E-state index in [2.05, 4.69) is 5.92 Å². The van der Waals surface area contributed by atoms with E-state index in [1.165, 1.54) is 0 Å². The molecule has 2 rings (SSSR count). The van der Waals surface area contributed by atoms with Gasteiger partial charge in [0.2, 0.25) is 0 Å². The van der Waals surface area contributed by atoms with Gasteiger partial charge in [-0.15, -0.1) is 6.42 Å². The Hall–Kier alpha value is -2.93. The molecule has 0 amide bonds. The van der Waals surface area contributed by atoms with Crippen molar-refractivity contribution in [2.45, 2.75) is 18.9 Å². The largest absolute Gasteiger partial charge is 0.497 e. The molecule has 0 aliphatic heterocycles. The van der Waals surface area contributed by atoms with Gasteiger partial charge in [-0.25, -0.2) is 0 Å². The number of aliphatic carboxylic acids is 1. The number of carbonyl (C=O) groups is 1. The lowest BCUT2D eigenvalue weighted by Crippen LogP contribution is -2.04. The highest BCUT2D eigenvalue weighted by atomic mass is 16.5. The summed E-state index contributed by atoms with van der Waals surface area (Å²) >= 11 is 0. The van der Waals surface area contributed by atoms with Crippen LogP contribution in [-0.2, 0) is 11.4 Å². The molecule has 0 unspecified atom stereocenters. The quantitative estimate of drug-likeness (QED) is 0.796. The molecule has 0 saturated carbocycles. The minimum Gasteiger partial charge on any atom is -0.497 e. The Labute approximate surface area is 135 Å². The number of ether oxygens (including phenoxy) is 2. The van der Waals surface area contributed by atoms with Gasteiger partial charge in [0, 0.05) is 0 Å². The Kier molecular flexibility index (Phi) is 5.65. The molecule has 0 spiro atoms. The van der Waals surface area contributed by atoms with E-state index >= 15 is 0 Å². The number of carboxylic acid groups (broad SMARTS) is 1. The van der Waals surface area contributed by atoms with Crippen LogP contribution >= 0.6 is 0 Å². The van der Waals surface area contributed by atoms with Crippen molar-refractivity contribution in [3.63, 3.8) is 0 Å². The maximum absolute atomic E-state index is 10.9. The van der Waals surface area contributed by atoms with Gasteiger partial charge in [0.1, 0.15) is 18.1 Å². The predicted octanol–water partition coefficient (Wildman–Crippen LogP) is 3.47. The molecule has 0 aromatic heterocycles. The van der Waals surface area contributed by atoms with Crippen LogP contribution in [0.4, 0.5) is 0 Å². The van der Waals surface area contributed by atoms with Gasteiger partial charge in [0.15, 0.2) is 0 Å². The van der Waals surface area contributed by atoms with Crippen molar-refractivity contribution in [2.75, 3.05) is 7.11 Å². The molecule has 0 heterocycles. The molecule has 1 N–H and O–H groups in total. The molecule has 2 aromatic rings. The van der Waals surface area contributed by atoms with Crippen LogP contribution in [0, 0.1) is 12.3 Å². The average molecular weight is 310 g/mol. The van der Waals surface area contributed by atoms with E-state index in [0.717, 1.165) is 16.9 Å². The molecule has 0 radical (unpaired) electrons. The fourth-order valence-corrected chi connectivity index (χ4v) is 2.16. The van der Waals surface area contributed by atoms with Crippen molar-refractivity contribution in [1.29, 1.82) is 0 Å². The molecule has 0 saturated heterocycles. The van der Waals surface area contributed by atoms with Crippen LogP contribution in [0.3, 0.4) is 0 Å². The summed E-state index contributed by atoms with van der Waals surface area (Å²) in [4.78, 5) is 10.9. The lowest BCUT2D eigenvalue weighted by molar-refractivity contribution is -0.137.